The number of fused-ring (bicyclic) bond motifs is 3. The Labute approximate surface area is 87.5 Å². The average Bonchev–Trinajstić information content (AvgIpc) is 2.55. The van der Waals surface area contributed by atoms with Gasteiger partial charge >= 0.3 is 0 Å². The zero-order valence-corrected chi connectivity index (χ0v) is 8.36. The van der Waals surface area contributed by atoms with E-state index in [1.54, 1.807) is 6.33 Å². The molecule has 0 saturated heterocycles. The fraction of sp³-hybridized carbons (Fsp3) is 0.0833. The molecule has 72 valence electrons. The summed E-state index contributed by atoms with van der Waals surface area (Å²) < 4.78 is 0. The second-order valence-corrected chi connectivity index (χ2v) is 3.64. The van der Waals surface area contributed by atoms with Crippen LogP contribution in [0.25, 0.3) is 16.8 Å². The molecule has 2 heterocycles. The number of hydrogen-bond acceptors (Lipinski definition) is 3. The molecule has 0 N–H and O–H groups in total. The summed E-state index contributed by atoms with van der Waals surface area (Å²) >= 11 is 0. The van der Waals surface area contributed by atoms with Crippen molar-refractivity contribution < 1.29 is 0 Å². The van der Waals surface area contributed by atoms with Crippen LogP contribution in [0.5, 0.6) is 0 Å². The van der Waals surface area contributed by atoms with Crippen molar-refractivity contribution >= 4 is 5.57 Å². The first-order valence-corrected chi connectivity index (χ1v) is 4.73. The fourth-order valence-electron chi connectivity index (χ4n) is 2.04. The number of pyridine rings is 1. The van der Waals surface area contributed by atoms with E-state index in [-0.39, 0.29) is 0 Å². The Hall–Kier alpha value is -2.03. The third-order valence-electron chi connectivity index (χ3n) is 2.73. The molecule has 0 bridgehead atoms. The van der Waals surface area contributed by atoms with E-state index < -0.39 is 0 Å². The summed E-state index contributed by atoms with van der Waals surface area (Å²) in [7, 11) is 0. The average molecular weight is 195 g/mol. The van der Waals surface area contributed by atoms with Crippen molar-refractivity contribution in [2.24, 2.45) is 0 Å². The van der Waals surface area contributed by atoms with Gasteiger partial charge in [0.05, 0.1) is 5.69 Å². The van der Waals surface area contributed by atoms with Crippen LogP contribution in [0.4, 0.5) is 0 Å². The van der Waals surface area contributed by atoms with Gasteiger partial charge in [-0.2, -0.15) is 0 Å². The van der Waals surface area contributed by atoms with Gasteiger partial charge in [0.1, 0.15) is 6.33 Å². The number of nitrogens with zero attached hydrogens (tertiary/aromatic N) is 3. The Morgan fingerprint density at radius 2 is 1.87 bits per heavy atom. The zero-order chi connectivity index (χ0) is 10.4. The highest BCUT2D eigenvalue weighted by Crippen LogP contribution is 2.42. The van der Waals surface area contributed by atoms with Gasteiger partial charge in [0.15, 0.2) is 0 Å². The van der Waals surface area contributed by atoms with Crippen LogP contribution in [0.15, 0.2) is 31.5 Å². The van der Waals surface area contributed by atoms with Crippen molar-refractivity contribution in [3.05, 3.63) is 48.2 Å². The Morgan fingerprint density at radius 3 is 2.73 bits per heavy atom. The smallest absolute Gasteiger partial charge is 0.116 e. The van der Waals surface area contributed by atoms with E-state index in [1.165, 1.54) is 0 Å². The normalized spacial score (nSPS) is 12.5. The maximum atomic E-state index is 4.28. The lowest BCUT2D eigenvalue weighted by Crippen LogP contribution is -1.86. The van der Waals surface area contributed by atoms with Gasteiger partial charge in [-0.15, -0.1) is 0 Å². The van der Waals surface area contributed by atoms with Crippen LogP contribution in [0.3, 0.4) is 0 Å². The van der Waals surface area contributed by atoms with Crippen molar-refractivity contribution in [3.63, 3.8) is 0 Å². The summed E-state index contributed by atoms with van der Waals surface area (Å²) in [6, 6.07) is 0. The fourth-order valence-corrected chi connectivity index (χ4v) is 2.04. The number of hydrogen-bond donors (Lipinski definition) is 0. The van der Waals surface area contributed by atoms with E-state index >= 15 is 0 Å². The van der Waals surface area contributed by atoms with Gasteiger partial charge in [0.2, 0.25) is 0 Å². The predicted octanol–water partition coefficient (Wildman–Crippen LogP) is 2.22. The first-order valence-electron chi connectivity index (χ1n) is 4.73. The molecule has 15 heavy (non-hydrogen) atoms. The molecule has 1 aliphatic carbocycles. The van der Waals surface area contributed by atoms with Crippen LogP contribution in [-0.4, -0.2) is 15.0 Å². The van der Waals surface area contributed by atoms with Gasteiger partial charge in [-0.3, -0.25) is 4.98 Å². The Morgan fingerprint density at radius 1 is 1.07 bits per heavy atom. The lowest BCUT2D eigenvalue weighted by molar-refractivity contribution is 1.16. The van der Waals surface area contributed by atoms with Crippen LogP contribution >= 0.6 is 0 Å². The third-order valence-corrected chi connectivity index (χ3v) is 2.73. The zero-order valence-electron chi connectivity index (χ0n) is 8.36. The molecular formula is C12H9N3. The number of rotatable bonds is 0. The van der Waals surface area contributed by atoms with Crippen LogP contribution in [-0.2, 0) is 0 Å². The molecular weight excluding hydrogens is 186 g/mol. The van der Waals surface area contributed by atoms with E-state index in [2.05, 4.69) is 21.5 Å². The van der Waals surface area contributed by atoms with E-state index in [4.69, 9.17) is 0 Å². The first kappa shape index (κ1) is 8.29. The van der Waals surface area contributed by atoms with Crippen molar-refractivity contribution in [2.75, 3.05) is 0 Å². The molecule has 0 unspecified atom stereocenters. The topological polar surface area (TPSA) is 38.7 Å². The van der Waals surface area contributed by atoms with Gasteiger partial charge in [0.25, 0.3) is 0 Å². The summed E-state index contributed by atoms with van der Waals surface area (Å²) in [4.78, 5) is 12.5. The second kappa shape index (κ2) is 2.73. The number of aromatic nitrogens is 3. The monoisotopic (exact) mass is 195 g/mol. The van der Waals surface area contributed by atoms with Crippen molar-refractivity contribution in [2.45, 2.75) is 6.92 Å². The molecule has 0 fully saturated rings. The summed E-state index contributed by atoms with van der Waals surface area (Å²) in [5.41, 5.74) is 6.32. The van der Waals surface area contributed by atoms with E-state index in [1.807, 2.05) is 25.5 Å². The molecule has 0 saturated carbocycles. The number of aryl methyl sites for hydroxylation is 1. The van der Waals surface area contributed by atoms with E-state index in [9.17, 15) is 0 Å². The highest BCUT2D eigenvalue weighted by molar-refractivity contribution is 5.99. The minimum Gasteiger partial charge on any atom is -0.264 e. The molecule has 0 radical (unpaired) electrons. The molecule has 0 aromatic carbocycles. The molecule has 3 heteroatoms. The first-order chi connectivity index (χ1) is 7.29. The molecule has 0 aliphatic heterocycles. The Kier molecular flexibility index (Phi) is 1.51. The van der Waals surface area contributed by atoms with Crippen LogP contribution in [0, 0.1) is 6.92 Å². The molecule has 3 rings (SSSR count). The summed E-state index contributed by atoms with van der Waals surface area (Å²) in [5, 5.41) is 0. The highest BCUT2D eigenvalue weighted by Gasteiger charge is 2.24. The van der Waals surface area contributed by atoms with E-state index in [0.717, 1.165) is 33.5 Å². The maximum Gasteiger partial charge on any atom is 0.116 e. The van der Waals surface area contributed by atoms with E-state index in [0.29, 0.717) is 0 Å². The van der Waals surface area contributed by atoms with Gasteiger partial charge in [-0.05, 0) is 23.6 Å². The van der Waals surface area contributed by atoms with Crippen molar-refractivity contribution in [1.29, 1.82) is 0 Å². The van der Waals surface area contributed by atoms with Gasteiger partial charge in [-0.1, -0.05) is 6.58 Å². The Balaban J connectivity index is 2.43. The molecule has 2 aromatic rings. The lowest BCUT2D eigenvalue weighted by Gasteiger charge is -2.02. The lowest BCUT2D eigenvalue weighted by atomic mass is 10.0. The van der Waals surface area contributed by atoms with Crippen LogP contribution in [0.2, 0.25) is 0 Å². The van der Waals surface area contributed by atoms with Crippen molar-refractivity contribution in [3.8, 4) is 11.3 Å². The molecule has 0 atom stereocenters. The summed E-state index contributed by atoms with van der Waals surface area (Å²) in [5.74, 6) is 0. The van der Waals surface area contributed by atoms with Gasteiger partial charge in [0, 0.05) is 29.7 Å². The summed E-state index contributed by atoms with van der Waals surface area (Å²) in [6.45, 7) is 6.13. The predicted molar refractivity (Wildman–Crippen MR) is 58.1 cm³/mol. The van der Waals surface area contributed by atoms with Crippen molar-refractivity contribution in [1.82, 2.24) is 15.0 Å². The van der Waals surface area contributed by atoms with Crippen LogP contribution < -0.4 is 0 Å². The standard InChI is InChI=1S/C12H9N3/c1-7-3-13-5-10-11(7)8(2)9-4-14-6-15-12(9)10/h3-6H,2H2,1H3. The molecule has 0 amide bonds. The van der Waals surface area contributed by atoms with Gasteiger partial charge < -0.3 is 0 Å². The quantitative estimate of drug-likeness (QED) is 0.552. The molecule has 1 aliphatic rings. The highest BCUT2D eigenvalue weighted by atomic mass is 14.8. The minimum atomic E-state index is 0.946. The third kappa shape index (κ3) is 0.973. The minimum absolute atomic E-state index is 0.946. The van der Waals surface area contributed by atoms with Crippen LogP contribution in [0.1, 0.15) is 16.7 Å². The second-order valence-electron chi connectivity index (χ2n) is 3.64. The SMILES string of the molecule is C=C1c2cncnc2-c2cncc(C)c21. The Bertz CT molecular complexity index is 573. The maximum absolute atomic E-state index is 4.28. The molecule has 0 spiro atoms. The van der Waals surface area contributed by atoms with Gasteiger partial charge in [-0.25, -0.2) is 9.97 Å². The molecule has 3 nitrogen and oxygen atoms in total. The largest absolute Gasteiger partial charge is 0.264 e. The molecule has 2 aromatic heterocycles. The summed E-state index contributed by atoms with van der Waals surface area (Å²) in [6.07, 6.45) is 7.06.